The molecule has 0 saturated heterocycles. The SMILES string of the molecule is [2H]C(N)CCC(=O)N(C(=O)C([2H])Cl)[C@@H](C)C(=O)O. The number of nitrogens with zero attached hydrogens (tertiary/aromatic N) is 1. The highest BCUT2D eigenvalue weighted by molar-refractivity contribution is 6.28. The lowest BCUT2D eigenvalue weighted by Crippen LogP contribution is -2.47. The summed E-state index contributed by atoms with van der Waals surface area (Å²) in [6, 6.07) is -1.42. The number of nitrogens with two attached hydrogens (primary N) is 1. The monoisotopic (exact) mass is 252 g/mol. The molecule has 0 aromatic heterocycles. The van der Waals surface area contributed by atoms with Crippen molar-refractivity contribution in [3.8, 4) is 0 Å². The predicted octanol–water partition coefficient (Wildman–Crippen LogP) is -0.208. The number of halogens is 1. The molecule has 92 valence electrons. The van der Waals surface area contributed by atoms with Gasteiger partial charge in [-0.3, -0.25) is 14.5 Å². The van der Waals surface area contributed by atoms with Crippen molar-refractivity contribution < 1.29 is 22.2 Å². The van der Waals surface area contributed by atoms with Gasteiger partial charge in [0.25, 0.3) is 0 Å². The topological polar surface area (TPSA) is 101 Å². The van der Waals surface area contributed by atoms with Crippen molar-refractivity contribution in [2.45, 2.75) is 25.8 Å². The Morgan fingerprint density at radius 1 is 1.50 bits per heavy atom. The number of amides is 2. The quantitative estimate of drug-likeness (QED) is 0.637. The Labute approximate surface area is 101 Å². The Kier molecular flexibility index (Phi) is 5.10. The fourth-order valence-electron chi connectivity index (χ4n) is 1.02. The van der Waals surface area contributed by atoms with Crippen molar-refractivity contribution in [2.75, 3.05) is 12.4 Å². The smallest absolute Gasteiger partial charge is 0.326 e. The highest BCUT2D eigenvalue weighted by Crippen LogP contribution is 2.06. The fourth-order valence-corrected chi connectivity index (χ4v) is 1.13. The van der Waals surface area contributed by atoms with Crippen LogP contribution in [-0.4, -0.2) is 46.2 Å². The second-order valence-corrected chi connectivity index (χ2v) is 3.22. The summed E-state index contributed by atoms with van der Waals surface area (Å²) in [6.45, 7) is 0.145. The molecule has 0 aliphatic heterocycles. The van der Waals surface area contributed by atoms with Crippen molar-refractivity contribution >= 4 is 29.4 Å². The van der Waals surface area contributed by atoms with Gasteiger partial charge >= 0.3 is 5.97 Å². The van der Waals surface area contributed by atoms with Crippen LogP contribution in [-0.2, 0) is 14.4 Å². The largest absolute Gasteiger partial charge is 0.480 e. The van der Waals surface area contributed by atoms with Gasteiger partial charge in [-0.1, -0.05) is 0 Å². The first-order valence-electron chi connectivity index (χ1n) is 5.66. The molecule has 0 saturated carbocycles. The molecule has 6 nitrogen and oxygen atoms in total. The van der Waals surface area contributed by atoms with E-state index in [2.05, 4.69) is 0 Å². The maximum absolute atomic E-state index is 11.7. The fraction of sp³-hybridized carbons (Fsp3) is 0.667. The first-order valence-corrected chi connectivity index (χ1v) is 4.95. The molecule has 0 aliphatic carbocycles. The normalized spacial score (nSPS) is 17.7. The van der Waals surface area contributed by atoms with Gasteiger partial charge < -0.3 is 10.8 Å². The van der Waals surface area contributed by atoms with Crippen LogP contribution >= 0.6 is 11.6 Å². The van der Waals surface area contributed by atoms with Gasteiger partial charge in [0.05, 0.1) is 1.37 Å². The van der Waals surface area contributed by atoms with Gasteiger partial charge in [-0.25, -0.2) is 4.79 Å². The van der Waals surface area contributed by atoms with E-state index in [0.29, 0.717) is 4.90 Å². The Hall–Kier alpha value is -1.14. The third kappa shape index (κ3) is 4.16. The second kappa shape index (κ2) is 7.19. The number of imide groups is 1. The number of rotatable bonds is 6. The van der Waals surface area contributed by atoms with Crippen LogP contribution in [0.2, 0.25) is 0 Å². The van der Waals surface area contributed by atoms with Gasteiger partial charge in [0.1, 0.15) is 11.9 Å². The molecule has 0 bridgehead atoms. The number of carboxylic acids is 1. The average molecular weight is 253 g/mol. The van der Waals surface area contributed by atoms with Crippen LogP contribution in [0, 0.1) is 0 Å². The summed E-state index contributed by atoms with van der Waals surface area (Å²) in [7, 11) is 0. The molecular formula is C9H15ClN2O4. The van der Waals surface area contributed by atoms with Gasteiger partial charge in [-0.2, -0.15) is 0 Å². The molecule has 0 rings (SSSR count). The number of alkyl halides is 1. The Morgan fingerprint density at radius 3 is 2.44 bits per heavy atom. The lowest BCUT2D eigenvalue weighted by Gasteiger charge is -2.23. The zero-order valence-corrected chi connectivity index (χ0v) is 9.48. The van der Waals surface area contributed by atoms with E-state index in [1.807, 2.05) is 0 Å². The van der Waals surface area contributed by atoms with Crippen LogP contribution in [0.4, 0.5) is 0 Å². The molecule has 0 radical (unpaired) electrons. The summed E-state index contributed by atoms with van der Waals surface area (Å²) in [5, 5.41) is 8.80. The maximum Gasteiger partial charge on any atom is 0.326 e. The van der Waals surface area contributed by atoms with E-state index in [-0.39, 0.29) is 12.8 Å². The van der Waals surface area contributed by atoms with E-state index >= 15 is 0 Å². The molecular weight excluding hydrogens is 236 g/mol. The van der Waals surface area contributed by atoms with Gasteiger partial charge in [-0.15, -0.1) is 11.6 Å². The first kappa shape index (κ1) is 11.3. The highest BCUT2D eigenvalue weighted by atomic mass is 35.5. The maximum atomic E-state index is 11.7. The molecule has 0 aromatic rings. The lowest BCUT2D eigenvalue weighted by molar-refractivity contribution is -0.156. The van der Waals surface area contributed by atoms with Crippen LogP contribution < -0.4 is 5.73 Å². The average Bonchev–Trinajstić information content (AvgIpc) is 2.25. The van der Waals surface area contributed by atoms with Crippen LogP contribution in [0.1, 0.15) is 22.5 Å². The van der Waals surface area contributed by atoms with Crippen LogP contribution in [0.25, 0.3) is 0 Å². The Morgan fingerprint density at radius 2 is 2.06 bits per heavy atom. The lowest BCUT2D eigenvalue weighted by atomic mass is 10.2. The van der Waals surface area contributed by atoms with Crippen LogP contribution in [0.15, 0.2) is 0 Å². The highest BCUT2D eigenvalue weighted by Gasteiger charge is 2.29. The van der Waals surface area contributed by atoms with Crippen LogP contribution in [0.3, 0.4) is 0 Å². The molecule has 7 heteroatoms. The Bertz CT molecular complexity index is 339. The summed E-state index contributed by atoms with van der Waals surface area (Å²) in [4.78, 5) is 34.4. The minimum absolute atomic E-state index is 0.0140. The molecule has 3 N–H and O–H groups in total. The zero-order valence-electron chi connectivity index (χ0n) is 10.7. The minimum Gasteiger partial charge on any atom is -0.480 e. The minimum atomic E-state index is -1.75. The van der Waals surface area contributed by atoms with Crippen molar-refractivity contribution in [3.63, 3.8) is 0 Å². The molecule has 2 amide bonds. The van der Waals surface area contributed by atoms with E-state index < -0.39 is 36.2 Å². The van der Waals surface area contributed by atoms with E-state index in [1.165, 1.54) is 0 Å². The van der Waals surface area contributed by atoms with E-state index in [4.69, 9.17) is 25.2 Å². The third-order valence-electron chi connectivity index (χ3n) is 1.87. The van der Waals surface area contributed by atoms with Crippen molar-refractivity contribution in [2.24, 2.45) is 5.73 Å². The zero-order chi connectivity index (χ0) is 14.5. The molecule has 0 aromatic carbocycles. The number of hydrogen-bond donors (Lipinski definition) is 2. The number of hydrogen-bond acceptors (Lipinski definition) is 4. The second-order valence-electron chi connectivity index (χ2n) is 3.00. The van der Waals surface area contributed by atoms with Crippen molar-refractivity contribution in [1.82, 2.24) is 4.90 Å². The number of carbonyl (C=O) groups is 3. The van der Waals surface area contributed by atoms with Gasteiger partial charge in [0.2, 0.25) is 11.8 Å². The molecule has 0 aliphatic rings. The molecule has 3 atom stereocenters. The number of carboxylic acid groups (broad SMARTS) is 1. The predicted molar refractivity (Wildman–Crippen MR) is 58.0 cm³/mol. The van der Waals surface area contributed by atoms with Gasteiger partial charge in [0, 0.05) is 7.79 Å². The summed E-state index contributed by atoms with van der Waals surface area (Å²) in [6.07, 6.45) is -0.266. The van der Waals surface area contributed by atoms with E-state index in [9.17, 15) is 14.4 Å². The third-order valence-corrected chi connectivity index (χ3v) is 2.06. The van der Waals surface area contributed by atoms with Gasteiger partial charge in [-0.05, 0) is 19.9 Å². The molecule has 0 heterocycles. The molecule has 16 heavy (non-hydrogen) atoms. The standard InChI is InChI=1S/C9H15ClN2O4/c1-6(9(15)16)12(8(14)5-10)7(13)3-2-4-11/h6H,2-5,11H2,1H3,(H,15,16)/t6-/m0/s1/i4D,5D/t4?,5?,6-. The van der Waals surface area contributed by atoms with E-state index in [1.54, 1.807) is 0 Å². The van der Waals surface area contributed by atoms with Crippen LogP contribution in [0.5, 0.6) is 0 Å². The summed E-state index contributed by atoms with van der Waals surface area (Å²) in [5.41, 5.74) is 5.14. The van der Waals surface area contributed by atoms with Gasteiger partial charge in [0.15, 0.2) is 0 Å². The number of aliphatic carboxylic acids is 1. The number of carbonyl (C=O) groups excluding carboxylic acids is 2. The summed E-state index contributed by atoms with van der Waals surface area (Å²) < 4.78 is 14.1. The molecule has 0 fully saturated rings. The molecule has 0 spiro atoms. The van der Waals surface area contributed by atoms with E-state index in [0.717, 1.165) is 6.92 Å². The molecule has 2 unspecified atom stereocenters. The summed E-state index contributed by atoms with van der Waals surface area (Å²) >= 11 is 5.25. The van der Waals surface area contributed by atoms with Crippen molar-refractivity contribution in [3.05, 3.63) is 0 Å². The summed E-state index contributed by atoms with van der Waals surface area (Å²) in [5.74, 6) is -5.05. The first-order chi connectivity index (χ1) is 8.18. The van der Waals surface area contributed by atoms with Crippen molar-refractivity contribution in [1.29, 1.82) is 0 Å². The Balaban J connectivity index is 4.92.